The third-order valence-corrected chi connectivity index (χ3v) is 2.85. The molecule has 18 heavy (non-hydrogen) atoms. The molecule has 1 aromatic rings. The van der Waals surface area contributed by atoms with E-state index in [1.165, 1.54) is 0 Å². The average Bonchev–Trinajstić information content (AvgIpc) is 2.34. The van der Waals surface area contributed by atoms with Crippen molar-refractivity contribution in [1.82, 2.24) is 5.32 Å². The second-order valence-corrected chi connectivity index (χ2v) is 5.76. The van der Waals surface area contributed by atoms with Crippen LogP contribution in [0.25, 0.3) is 0 Å². The summed E-state index contributed by atoms with van der Waals surface area (Å²) in [7, 11) is 0. The smallest absolute Gasteiger partial charge is 0.257 e. The van der Waals surface area contributed by atoms with Crippen LogP contribution in [0.2, 0.25) is 0 Å². The fraction of sp³-hybridized carbons (Fsp3) is 0.462. The van der Waals surface area contributed by atoms with Gasteiger partial charge in [0, 0.05) is 23.0 Å². The highest BCUT2D eigenvalue weighted by molar-refractivity contribution is 9.10. The van der Waals surface area contributed by atoms with Gasteiger partial charge < -0.3 is 15.2 Å². The van der Waals surface area contributed by atoms with Gasteiger partial charge in [0.05, 0.1) is 0 Å². The topological polar surface area (TPSA) is 58.6 Å². The van der Waals surface area contributed by atoms with Gasteiger partial charge in [-0.25, -0.2) is 0 Å². The van der Waals surface area contributed by atoms with Crippen molar-refractivity contribution in [3.63, 3.8) is 0 Å². The Bertz CT molecular complexity index is 407. The molecule has 0 spiro atoms. The molecule has 0 atom stereocenters. The maximum Gasteiger partial charge on any atom is 0.257 e. The molecule has 0 fully saturated rings. The second-order valence-electron chi connectivity index (χ2n) is 4.85. The lowest BCUT2D eigenvalue weighted by molar-refractivity contribution is -0.123. The van der Waals surface area contributed by atoms with Crippen LogP contribution < -0.4 is 10.1 Å². The zero-order valence-corrected chi connectivity index (χ0v) is 12.2. The Morgan fingerprint density at radius 1 is 1.50 bits per heavy atom. The number of nitrogens with one attached hydrogen (secondary N) is 1. The third kappa shape index (κ3) is 5.51. The summed E-state index contributed by atoms with van der Waals surface area (Å²) in [6.07, 6.45) is 0. The van der Waals surface area contributed by atoms with Crippen LogP contribution in [0.4, 0.5) is 0 Å². The first-order valence-corrected chi connectivity index (χ1v) is 6.48. The molecule has 5 heteroatoms. The van der Waals surface area contributed by atoms with Crippen molar-refractivity contribution in [1.29, 1.82) is 0 Å². The van der Waals surface area contributed by atoms with Gasteiger partial charge in [0.1, 0.15) is 5.75 Å². The number of amides is 1. The predicted molar refractivity (Wildman–Crippen MR) is 73.5 cm³/mol. The van der Waals surface area contributed by atoms with E-state index in [1.54, 1.807) is 12.1 Å². The van der Waals surface area contributed by atoms with Gasteiger partial charge in [-0.15, -0.1) is 0 Å². The van der Waals surface area contributed by atoms with Crippen LogP contribution in [0, 0.1) is 5.41 Å². The molecule has 0 bridgehead atoms. The summed E-state index contributed by atoms with van der Waals surface area (Å²) in [6, 6.07) is 7.31. The van der Waals surface area contributed by atoms with Gasteiger partial charge in [0.15, 0.2) is 6.61 Å². The van der Waals surface area contributed by atoms with Crippen LogP contribution >= 0.6 is 15.9 Å². The molecule has 0 aliphatic heterocycles. The van der Waals surface area contributed by atoms with Crippen molar-refractivity contribution >= 4 is 21.8 Å². The van der Waals surface area contributed by atoms with E-state index in [2.05, 4.69) is 21.2 Å². The van der Waals surface area contributed by atoms with Crippen LogP contribution in [0.1, 0.15) is 13.8 Å². The van der Waals surface area contributed by atoms with E-state index >= 15 is 0 Å². The molecule has 0 radical (unpaired) electrons. The first-order valence-electron chi connectivity index (χ1n) is 5.69. The summed E-state index contributed by atoms with van der Waals surface area (Å²) in [5.74, 6) is 0.442. The summed E-state index contributed by atoms with van der Waals surface area (Å²) in [5.41, 5.74) is -0.314. The molecule has 2 N–H and O–H groups in total. The molecule has 1 rings (SSSR count). The molecular formula is C13H18BrNO3. The predicted octanol–water partition coefficient (Wildman–Crippen LogP) is 1.96. The number of carbonyl (C=O) groups excluding carboxylic acids is 1. The van der Waals surface area contributed by atoms with Gasteiger partial charge in [0.2, 0.25) is 0 Å². The van der Waals surface area contributed by atoms with Crippen molar-refractivity contribution in [3.8, 4) is 5.75 Å². The highest BCUT2D eigenvalue weighted by atomic mass is 79.9. The van der Waals surface area contributed by atoms with Gasteiger partial charge in [0.25, 0.3) is 5.91 Å². The van der Waals surface area contributed by atoms with Crippen LogP contribution in [-0.2, 0) is 4.79 Å². The number of rotatable bonds is 6. The van der Waals surface area contributed by atoms with Crippen LogP contribution in [0.5, 0.6) is 5.75 Å². The number of aliphatic hydroxyl groups is 1. The quantitative estimate of drug-likeness (QED) is 0.843. The van der Waals surface area contributed by atoms with E-state index in [9.17, 15) is 4.79 Å². The summed E-state index contributed by atoms with van der Waals surface area (Å²) in [4.78, 5) is 11.5. The minimum absolute atomic E-state index is 0.0275. The maximum atomic E-state index is 11.5. The zero-order chi connectivity index (χ0) is 13.6. The molecule has 0 heterocycles. The van der Waals surface area contributed by atoms with Gasteiger partial charge in [-0.1, -0.05) is 35.8 Å². The summed E-state index contributed by atoms with van der Waals surface area (Å²) in [5, 5.41) is 11.8. The monoisotopic (exact) mass is 315 g/mol. The summed E-state index contributed by atoms with van der Waals surface area (Å²) < 4.78 is 6.25. The molecule has 0 unspecified atom stereocenters. The van der Waals surface area contributed by atoms with Gasteiger partial charge in [-0.05, 0) is 18.2 Å². The molecule has 0 aliphatic carbocycles. The number of benzene rings is 1. The summed E-state index contributed by atoms with van der Waals surface area (Å²) in [6.45, 7) is 4.17. The normalized spacial score (nSPS) is 11.1. The Hall–Kier alpha value is -1.07. The minimum Gasteiger partial charge on any atom is -0.484 e. The van der Waals surface area contributed by atoms with Gasteiger partial charge in [-0.2, -0.15) is 0 Å². The van der Waals surface area contributed by atoms with E-state index in [-0.39, 0.29) is 24.5 Å². The van der Waals surface area contributed by atoms with Gasteiger partial charge in [-0.3, -0.25) is 4.79 Å². The van der Waals surface area contributed by atoms with Crippen LogP contribution in [-0.4, -0.2) is 30.8 Å². The van der Waals surface area contributed by atoms with Crippen molar-refractivity contribution in [2.75, 3.05) is 19.8 Å². The standard InChI is InChI=1S/C13H18BrNO3/c1-13(2,9-16)8-15-12(17)7-18-11-5-3-4-10(14)6-11/h3-6,16H,7-9H2,1-2H3,(H,15,17). The Balaban J connectivity index is 2.34. The number of hydrogen-bond acceptors (Lipinski definition) is 3. The lowest BCUT2D eigenvalue weighted by Gasteiger charge is -2.21. The lowest BCUT2D eigenvalue weighted by atomic mass is 9.95. The largest absolute Gasteiger partial charge is 0.484 e. The highest BCUT2D eigenvalue weighted by Crippen LogP contribution is 2.17. The molecule has 4 nitrogen and oxygen atoms in total. The SMILES string of the molecule is CC(C)(CO)CNC(=O)COc1cccc(Br)c1. The third-order valence-electron chi connectivity index (χ3n) is 2.36. The lowest BCUT2D eigenvalue weighted by Crippen LogP contribution is -2.38. The Labute approximate surface area is 115 Å². The molecule has 0 aliphatic rings. The van der Waals surface area contributed by atoms with Crippen LogP contribution in [0.3, 0.4) is 0 Å². The average molecular weight is 316 g/mol. The van der Waals surface area contributed by atoms with Crippen molar-refractivity contribution < 1.29 is 14.6 Å². The van der Waals surface area contributed by atoms with Crippen LogP contribution in [0.15, 0.2) is 28.7 Å². The van der Waals surface area contributed by atoms with Crippen molar-refractivity contribution in [3.05, 3.63) is 28.7 Å². The molecule has 0 saturated heterocycles. The molecule has 1 aromatic carbocycles. The van der Waals surface area contributed by atoms with Crippen molar-refractivity contribution in [2.24, 2.45) is 5.41 Å². The van der Waals surface area contributed by atoms with E-state index < -0.39 is 0 Å². The first-order chi connectivity index (χ1) is 8.43. The zero-order valence-electron chi connectivity index (χ0n) is 10.6. The maximum absolute atomic E-state index is 11.5. The fourth-order valence-corrected chi connectivity index (χ4v) is 1.53. The Kier molecular flexibility index (Phi) is 5.62. The number of halogens is 1. The number of carbonyl (C=O) groups is 1. The number of aliphatic hydroxyl groups excluding tert-OH is 1. The van der Waals surface area contributed by atoms with Crippen molar-refractivity contribution in [2.45, 2.75) is 13.8 Å². The number of ether oxygens (including phenoxy) is 1. The van der Waals surface area contributed by atoms with Gasteiger partial charge >= 0.3 is 0 Å². The Morgan fingerprint density at radius 3 is 2.83 bits per heavy atom. The molecule has 0 aromatic heterocycles. The molecule has 0 saturated carbocycles. The minimum atomic E-state index is -0.314. The second kappa shape index (κ2) is 6.75. The highest BCUT2D eigenvalue weighted by Gasteiger charge is 2.17. The molecule has 100 valence electrons. The van der Waals surface area contributed by atoms with E-state index in [0.717, 1.165) is 4.47 Å². The molecule has 1 amide bonds. The molecular weight excluding hydrogens is 298 g/mol. The first kappa shape index (κ1) is 15.0. The van der Waals surface area contributed by atoms with E-state index in [0.29, 0.717) is 12.3 Å². The number of hydrogen-bond donors (Lipinski definition) is 2. The Morgan fingerprint density at radius 2 is 2.22 bits per heavy atom. The fourth-order valence-electron chi connectivity index (χ4n) is 1.15. The van der Waals surface area contributed by atoms with E-state index in [1.807, 2.05) is 26.0 Å². The van der Waals surface area contributed by atoms with E-state index in [4.69, 9.17) is 9.84 Å². The summed E-state index contributed by atoms with van der Waals surface area (Å²) >= 11 is 3.33.